The van der Waals surface area contributed by atoms with Gasteiger partial charge in [-0.25, -0.2) is 0 Å². The number of carboxylic acids is 1. The Morgan fingerprint density at radius 3 is 2.71 bits per heavy atom. The molecule has 4 heteroatoms. The van der Waals surface area contributed by atoms with Crippen LogP contribution >= 0.6 is 0 Å². The number of nitrogens with zero attached hydrogens (tertiary/aromatic N) is 2. The maximum Gasteiger partial charge on any atom is 0.307 e. The van der Waals surface area contributed by atoms with E-state index in [1.807, 2.05) is 12.3 Å². The highest BCUT2D eigenvalue weighted by Crippen LogP contribution is 2.33. The summed E-state index contributed by atoms with van der Waals surface area (Å²) in [6.07, 6.45) is 4.55. The first-order valence-corrected chi connectivity index (χ1v) is 10.1. The van der Waals surface area contributed by atoms with Gasteiger partial charge in [0.2, 0.25) is 0 Å². The van der Waals surface area contributed by atoms with Crippen LogP contribution in [0.2, 0.25) is 0 Å². The molecule has 0 radical (unpaired) electrons. The average molecular weight is 374 g/mol. The van der Waals surface area contributed by atoms with Crippen molar-refractivity contribution in [3.05, 3.63) is 77.6 Å². The first-order chi connectivity index (χ1) is 13.7. The van der Waals surface area contributed by atoms with Crippen molar-refractivity contribution >= 4 is 16.7 Å². The van der Waals surface area contributed by atoms with Crippen LogP contribution in [-0.2, 0) is 11.2 Å². The molecule has 28 heavy (non-hydrogen) atoms. The number of aryl methyl sites for hydroxylation is 1. The van der Waals surface area contributed by atoms with Crippen molar-refractivity contribution in [1.82, 2.24) is 9.88 Å². The van der Waals surface area contributed by atoms with Gasteiger partial charge in [-0.05, 0) is 59.8 Å². The summed E-state index contributed by atoms with van der Waals surface area (Å²) in [6.45, 7) is 3.57. The van der Waals surface area contributed by atoms with Crippen LogP contribution in [-0.4, -0.2) is 34.0 Å². The van der Waals surface area contributed by atoms with Gasteiger partial charge in [0.15, 0.2) is 0 Å². The number of likely N-dealkylation sites (tertiary alicyclic amines) is 1. The average Bonchev–Trinajstić information content (AvgIpc) is 2.74. The number of aromatic nitrogens is 1. The van der Waals surface area contributed by atoms with Crippen LogP contribution < -0.4 is 0 Å². The summed E-state index contributed by atoms with van der Waals surface area (Å²) in [7, 11) is 0. The maximum atomic E-state index is 11.6. The minimum Gasteiger partial charge on any atom is -0.481 e. The lowest BCUT2D eigenvalue weighted by atomic mass is 9.92. The van der Waals surface area contributed by atoms with Crippen LogP contribution in [0.3, 0.4) is 0 Å². The molecule has 0 bridgehead atoms. The van der Waals surface area contributed by atoms with Crippen molar-refractivity contribution in [3.8, 4) is 0 Å². The van der Waals surface area contributed by atoms with Gasteiger partial charge in [-0.3, -0.25) is 14.7 Å². The van der Waals surface area contributed by atoms with Crippen molar-refractivity contribution < 1.29 is 9.90 Å². The lowest BCUT2D eigenvalue weighted by Crippen LogP contribution is -2.41. The number of aliphatic carboxylic acids is 1. The van der Waals surface area contributed by atoms with Crippen molar-refractivity contribution in [2.75, 3.05) is 13.1 Å². The highest BCUT2D eigenvalue weighted by molar-refractivity contribution is 5.83. The molecular formula is C24H26N2O2. The van der Waals surface area contributed by atoms with Gasteiger partial charge in [0.25, 0.3) is 0 Å². The van der Waals surface area contributed by atoms with Crippen LogP contribution in [0.25, 0.3) is 10.8 Å². The van der Waals surface area contributed by atoms with Crippen LogP contribution in [0.5, 0.6) is 0 Å². The molecule has 0 amide bonds. The fraction of sp³-hybridized carbons (Fsp3) is 0.333. The topological polar surface area (TPSA) is 53.4 Å². The number of hydrogen-bond acceptors (Lipinski definition) is 3. The summed E-state index contributed by atoms with van der Waals surface area (Å²) in [6, 6.07) is 19.1. The lowest BCUT2D eigenvalue weighted by molar-refractivity contribution is -0.143. The third-order valence-electron chi connectivity index (χ3n) is 5.79. The molecule has 144 valence electrons. The van der Waals surface area contributed by atoms with E-state index in [1.165, 1.54) is 21.9 Å². The summed E-state index contributed by atoms with van der Waals surface area (Å²) in [5.74, 6) is -1.01. The molecule has 1 aliphatic heterocycles. The van der Waals surface area contributed by atoms with Crippen LogP contribution in [0.4, 0.5) is 0 Å². The molecule has 1 fully saturated rings. The number of piperidine rings is 1. The van der Waals surface area contributed by atoms with Gasteiger partial charge in [-0.15, -0.1) is 0 Å². The largest absolute Gasteiger partial charge is 0.481 e. The van der Waals surface area contributed by atoms with Gasteiger partial charge in [0.05, 0.1) is 17.7 Å². The highest BCUT2D eigenvalue weighted by atomic mass is 16.4. The van der Waals surface area contributed by atoms with E-state index in [0.717, 1.165) is 31.5 Å². The number of benzene rings is 2. The third kappa shape index (κ3) is 3.78. The van der Waals surface area contributed by atoms with E-state index in [2.05, 4.69) is 60.4 Å². The molecule has 1 aliphatic rings. The van der Waals surface area contributed by atoms with Crippen molar-refractivity contribution in [3.63, 3.8) is 0 Å². The summed E-state index contributed by atoms with van der Waals surface area (Å²) in [5, 5.41) is 12.0. The second-order valence-electron chi connectivity index (χ2n) is 7.63. The first kappa shape index (κ1) is 18.6. The summed E-state index contributed by atoms with van der Waals surface area (Å²) < 4.78 is 0. The fourth-order valence-corrected chi connectivity index (χ4v) is 4.20. The van der Waals surface area contributed by atoms with E-state index in [9.17, 15) is 9.90 Å². The van der Waals surface area contributed by atoms with E-state index < -0.39 is 5.97 Å². The summed E-state index contributed by atoms with van der Waals surface area (Å²) in [4.78, 5) is 18.7. The second-order valence-corrected chi connectivity index (χ2v) is 7.63. The summed E-state index contributed by atoms with van der Waals surface area (Å²) >= 11 is 0. The molecule has 3 aromatic rings. The number of pyridine rings is 1. The Morgan fingerprint density at radius 1 is 1.18 bits per heavy atom. The predicted molar refractivity (Wildman–Crippen MR) is 111 cm³/mol. The summed E-state index contributed by atoms with van der Waals surface area (Å²) in [5.41, 5.74) is 3.36. The third-order valence-corrected chi connectivity index (χ3v) is 5.79. The van der Waals surface area contributed by atoms with Crippen molar-refractivity contribution in [2.45, 2.75) is 32.2 Å². The van der Waals surface area contributed by atoms with Crippen LogP contribution in [0.1, 0.15) is 42.6 Å². The zero-order chi connectivity index (χ0) is 19.5. The van der Waals surface area contributed by atoms with Gasteiger partial charge in [0, 0.05) is 12.7 Å². The number of carboxylic acid groups (broad SMARTS) is 1. The predicted octanol–water partition coefficient (Wildman–Crippen LogP) is 4.68. The Balaban J connectivity index is 1.76. The Hall–Kier alpha value is -2.72. The molecule has 4 rings (SSSR count). The van der Waals surface area contributed by atoms with E-state index in [-0.39, 0.29) is 12.0 Å². The molecule has 1 N–H and O–H groups in total. The molecule has 0 saturated carbocycles. The SMILES string of the molecule is CCc1ccc(C(c2ccc3ccccc3c2)N2CCCC(C(=O)O)C2)nc1. The van der Waals surface area contributed by atoms with Gasteiger partial charge in [-0.2, -0.15) is 0 Å². The molecule has 2 aromatic carbocycles. The highest BCUT2D eigenvalue weighted by Gasteiger charge is 2.32. The van der Waals surface area contributed by atoms with Crippen LogP contribution in [0.15, 0.2) is 60.8 Å². The van der Waals surface area contributed by atoms with E-state index in [4.69, 9.17) is 4.98 Å². The second kappa shape index (κ2) is 8.11. The molecule has 0 spiro atoms. The molecule has 4 nitrogen and oxygen atoms in total. The minimum atomic E-state index is -0.698. The van der Waals surface area contributed by atoms with Gasteiger partial charge < -0.3 is 5.11 Å². The van der Waals surface area contributed by atoms with Crippen LogP contribution in [0, 0.1) is 5.92 Å². The molecule has 1 saturated heterocycles. The normalized spacial score (nSPS) is 18.8. The maximum absolute atomic E-state index is 11.6. The molecule has 2 atom stereocenters. The van der Waals surface area contributed by atoms with E-state index in [1.54, 1.807) is 0 Å². The molecule has 2 unspecified atom stereocenters. The quantitative estimate of drug-likeness (QED) is 0.704. The Morgan fingerprint density at radius 2 is 2.00 bits per heavy atom. The van der Waals surface area contributed by atoms with Gasteiger partial charge in [-0.1, -0.05) is 49.4 Å². The van der Waals surface area contributed by atoms with E-state index in [0.29, 0.717) is 6.54 Å². The van der Waals surface area contributed by atoms with E-state index >= 15 is 0 Å². The fourth-order valence-electron chi connectivity index (χ4n) is 4.20. The van der Waals surface area contributed by atoms with Gasteiger partial charge in [0.1, 0.15) is 0 Å². The van der Waals surface area contributed by atoms with Crippen molar-refractivity contribution in [2.24, 2.45) is 5.92 Å². The number of carbonyl (C=O) groups is 1. The first-order valence-electron chi connectivity index (χ1n) is 10.1. The molecular weight excluding hydrogens is 348 g/mol. The van der Waals surface area contributed by atoms with Gasteiger partial charge >= 0.3 is 5.97 Å². The Labute approximate surface area is 165 Å². The number of hydrogen-bond donors (Lipinski definition) is 1. The standard InChI is InChI=1S/C24H26N2O2/c1-2-17-9-12-22(25-15-17)23(26-13-5-8-21(16-26)24(27)28)20-11-10-18-6-3-4-7-19(18)14-20/h3-4,6-7,9-12,14-15,21,23H,2,5,8,13,16H2,1H3,(H,27,28). The Kier molecular flexibility index (Phi) is 5.40. The Bertz CT molecular complexity index is 968. The smallest absolute Gasteiger partial charge is 0.307 e. The lowest BCUT2D eigenvalue weighted by Gasteiger charge is -2.37. The molecule has 0 aliphatic carbocycles. The number of rotatable bonds is 5. The number of fused-ring (bicyclic) bond motifs is 1. The zero-order valence-electron chi connectivity index (χ0n) is 16.2. The zero-order valence-corrected chi connectivity index (χ0v) is 16.2. The minimum absolute atomic E-state index is 0.0299. The molecule has 1 aromatic heterocycles. The monoisotopic (exact) mass is 374 g/mol. The van der Waals surface area contributed by atoms with Crippen molar-refractivity contribution in [1.29, 1.82) is 0 Å². The molecule has 2 heterocycles.